The fraction of sp³-hybridized carbons (Fsp3) is 0.538. The molecule has 96 valence electrons. The summed E-state index contributed by atoms with van der Waals surface area (Å²) in [6.45, 7) is 4.33. The molecule has 0 bridgehead atoms. The smallest absolute Gasteiger partial charge is 0.0468 e. The topological polar surface area (TPSA) is 12.0 Å². The largest absolute Gasteiger partial charge is 0.308 e. The van der Waals surface area contributed by atoms with Crippen LogP contribution in [0.5, 0.6) is 0 Å². The number of benzene rings is 1. The summed E-state index contributed by atoms with van der Waals surface area (Å²) in [6, 6.07) is 6.40. The molecule has 4 heteroatoms. The van der Waals surface area contributed by atoms with Crippen molar-refractivity contribution < 1.29 is 0 Å². The number of rotatable bonds is 6. The molecule has 1 N–H and O–H groups in total. The second-order valence-corrected chi connectivity index (χ2v) is 6.07. The van der Waals surface area contributed by atoms with Crippen LogP contribution in [0.25, 0.3) is 0 Å². The van der Waals surface area contributed by atoms with Crippen LogP contribution in [0.15, 0.2) is 18.2 Å². The predicted octanol–water partition coefficient (Wildman–Crippen LogP) is 4.79. The van der Waals surface area contributed by atoms with Crippen molar-refractivity contribution in [3.05, 3.63) is 33.8 Å². The van der Waals surface area contributed by atoms with Crippen LogP contribution in [0.3, 0.4) is 0 Å². The Morgan fingerprint density at radius 3 is 2.59 bits per heavy atom. The Balaban J connectivity index is 2.60. The Labute approximate surface area is 118 Å². The molecule has 0 radical (unpaired) electrons. The summed E-state index contributed by atoms with van der Waals surface area (Å²) < 4.78 is 0. The van der Waals surface area contributed by atoms with Gasteiger partial charge in [-0.15, -0.1) is 0 Å². The van der Waals surface area contributed by atoms with E-state index in [2.05, 4.69) is 25.4 Å². The monoisotopic (exact) mass is 291 g/mol. The van der Waals surface area contributed by atoms with Crippen molar-refractivity contribution in [3.63, 3.8) is 0 Å². The van der Waals surface area contributed by atoms with Crippen molar-refractivity contribution in [2.24, 2.45) is 0 Å². The zero-order chi connectivity index (χ0) is 12.8. The lowest BCUT2D eigenvalue weighted by Gasteiger charge is -2.21. The van der Waals surface area contributed by atoms with Gasteiger partial charge >= 0.3 is 0 Å². The van der Waals surface area contributed by atoms with Gasteiger partial charge in [-0.25, -0.2) is 0 Å². The molecular weight excluding hydrogens is 273 g/mol. The lowest BCUT2D eigenvalue weighted by Crippen LogP contribution is -2.29. The zero-order valence-electron chi connectivity index (χ0n) is 10.5. The van der Waals surface area contributed by atoms with Gasteiger partial charge in [-0.2, -0.15) is 11.8 Å². The quantitative estimate of drug-likeness (QED) is 0.809. The molecule has 0 spiro atoms. The average Bonchev–Trinajstić information content (AvgIpc) is 2.26. The van der Waals surface area contributed by atoms with Gasteiger partial charge in [0.15, 0.2) is 0 Å². The van der Waals surface area contributed by atoms with Gasteiger partial charge in [0.05, 0.1) is 0 Å². The molecule has 2 atom stereocenters. The van der Waals surface area contributed by atoms with E-state index in [4.69, 9.17) is 23.2 Å². The molecule has 0 amide bonds. The van der Waals surface area contributed by atoms with E-state index in [1.54, 1.807) is 6.07 Å². The van der Waals surface area contributed by atoms with E-state index in [9.17, 15) is 0 Å². The van der Waals surface area contributed by atoms with Crippen LogP contribution < -0.4 is 5.32 Å². The van der Waals surface area contributed by atoms with Crippen molar-refractivity contribution in [1.82, 2.24) is 5.32 Å². The predicted molar refractivity (Wildman–Crippen MR) is 80.5 cm³/mol. The van der Waals surface area contributed by atoms with E-state index < -0.39 is 0 Å². The first-order chi connectivity index (χ1) is 8.04. The van der Waals surface area contributed by atoms with Crippen molar-refractivity contribution >= 4 is 35.0 Å². The maximum Gasteiger partial charge on any atom is 0.0468 e. The number of nitrogens with one attached hydrogen (secondary N) is 1. The third-order valence-corrected chi connectivity index (χ3v) is 3.92. The molecule has 0 heterocycles. The molecule has 1 nitrogen and oxygen atoms in total. The maximum absolute atomic E-state index is 6.18. The summed E-state index contributed by atoms with van der Waals surface area (Å²) in [6.07, 6.45) is 3.29. The average molecular weight is 292 g/mol. The van der Waals surface area contributed by atoms with E-state index in [-0.39, 0.29) is 6.04 Å². The summed E-state index contributed by atoms with van der Waals surface area (Å²) in [5, 5.41) is 4.96. The lowest BCUT2D eigenvalue weighted by molar-refractivity contribution is 0.472. The van der Waals surface area contributed by atoms with Gasteiger partial charge in [-0.05, 0) is 50.0 Å². The highest BCUT2D eigenvalue weighted by Gasteiger charge is 2.12. The van der Waals surface area contributed by atoms with Gasteiger partial charge in [0.2, 0.25) is 0 Å². The minimum absolute atomic E-state index is 0.247. The normalized spacial score (nSPS) is 14.6. The maximum atomic E-state index is 6.18. The van der Waals surface area contributed by atoms with Gasteiger partial charge in [0.25, 0.3) is 0 Å². The first-order valence-corrected chi connectivity index (χ1v) is 7.89. The second-order valence-electron chi connectivity index (χ2n) is 4.24. The fourth-order valence-corrected chi connectivity index (χ4v) is 2.91. The Morgan fingerprint density at radius 2 is 2.00 bits per heavy atom. The number of thioether (sulfide) groups is 1. The summed E-state index contributed by atoms with van der Waals surface area (Å²) in [5.41, 5.74) is 1.10. The molecule has 0 saturated carbocycles. The molecule has 1 rings (SSSR count). The van der Waals surface area contributed by atoms with Crippen LogP contribution in [0, 0.1) is 0 Å². The second kappa shape index (κ2) is 7.52. The molecule has 0 aromatic heterocycles. The highest BCUT2D eigenvalue weighted by atomic mass is 35.5. The Morgan fingerprint density at radius 1 is 1.29 bits per heavy atom. The molecule has 1 aromatic rings. The first kappa shape index (κ1) is 15.2. The summed E-state index contributed by atoms with van der Waals surface area (Å²) in [4.78, 5) is 0. The fourth-order valence-electron chi connectivity index (χ4n) is 1.75. The summed E-state index contributed by atoms with van der Waals surface area (Å²) in [7, 11) is 0. The molecule has 0 saturated heterocycles. The lowest BCUT2D eigenvalue weighted by atomic mass is 10.1. The van der Waals surface area contributed by atoms with Gasteiger partial charge < -0.3 is 5.32 Å². The minimum Gasteiger partial charge on any atom is -0.308 e. The van der Waals surface area contributed by atoms with Crippen LogP contribution in [-0.2, 0) is 0 Å². The van der Waals surface area contributed by atoms with Crippen molar-refractivity contribution in [2.75, 3.05) is 12.0 Å². The van der Waals surface area contributed by atoms with Crippen LogP contribution in [0.1, 0.15) is 31.9 Å². The molecule has 2 unspecified atom stereocenters. The van der Waals surface area contributed by atoms with E-state index in [1.165, 1.54) is 5.75 Å². The summed E-state index contributed by atoms with van der Waals surface area (Å²) in [5.74, 6) is 1.18. The number of hydrogen-bond acceptors (Lipinski definition) is 2. The van der Waals surface area contributed by atoms with Gasteiger partial charge in [0, 0.05) is 22.1 Å². The molecule has 1 aromatic carbocycles. The van der Waals surface area contributed by atoms with E-state index >= 15 is 0 Å². The standard InChI is InChI=1S/C13H19Cl2NS/c1-9(6-7-17-3)16-10(2)12-5-4-11(14)8-13(12)15/h4-5,8-10,16H,6-7H2,1-3H3. The highest BCUT2D eigenvalue weighted by Crippen LogP contribution is 2.26. The Hall–Kier alpha value is 0.110. The molecule has 0 fully saturated rings. The van der Waals surface area contributed by atoms with Gasteiger partial charge in [-0.3, -0.25) is 0 Å². The van der Waals surface area contributed by atoms with Crippen molar-refractivity contribution in [3.8, 4) is 0 Å². The Bertz CT molecular complexity index is 357. The molecular formula is C13H19Cl2NS. The van der Waals surface area contributed by atoms with Crippen molar-refractivity contribution in [2.45, 2.75) is 32.4 Å². The highest BCUT2D eigenvalue weighted by molar-refractivity contribution is 7.98. The Kier molecular flexibility index (Phi) is 6.71. The van der Waals surface area contributed by atoms with Crippen LogP contribution >= 0.6 is 35.0 Å². The number of halogens is 2. The summed E-state index contributed by atoms with van der Waals surface area (Å²) >= 11 is 13.9. The van der Waals surface area contributed by atoms with Crippen LogP contribution in [0.4, 0.5) is 0 Å². The SMILES string of the molecule is CSCCC(C)NC(C)c1ccc(Cl)cc1Cl. The third kappa shape index (κ3) is 5.09. The zero-order valence-corrected chi connectivity index (χ0v) is 12.8. The van der Waals surface area contributed by atoms with Crippen molar-refractivity contribution in [1.29, 1.82) is 0 Å². The molecule has 0 aliphatic carbocycles. The molecule has 17 heavy (non-hydrogen) atoms. The molecule has 0 aliphatic rings. The first-order valence-electron chi connectivity index (χ1n) is 5.74. The van der Waals surface area contributed by atoms with E-state index in [0.717, 1.165) is 17.0 Å². The number of hydrogen-bond donors (Lipinski definition) is 1. The van der Waals surface area contributed by atoms with Crippen LogP contribution in [0.2, 0.25) is 10.0 Å². The van der Waals surface area contributed by atoms with Gasteiger partial charge in [0.1, 0.15) is 0 Å². The minimum atomic E-state index is 0.247. The molecule has 0 aliphatic heterocycles. The van der Waals surface area contributed by atoms with E-state index in [1.807, 2.05) is 23.9 Å². The van der Waals surface area contributed by atoms with Gasteiger partial charge in [-0.1, -0.05) is 29.3 Å². The van der Waals surface area contributed by atoms with E-state index in [0.29, 0.717) is 11.1 Å². The van der Waals surface area contributed by atoms with Crippen LogP contribution in [-0.4, -0.2) is 18.1 Å². The third-order valence-electron chi connectivity index (χ3n) is 2.72.